The van der Waals surface area contributed by atoms with E-state index in [0.717, 1.165) is 19.3 Å². The molecule has 3 heteroatoms. The third-order valence-corrected chi connectivity index (χ3v) is 2.82. The molecule has 0 aliphatic heterocycles. The van der Waals surface area contributed by atoms with Gasteiger partial charge in [-0.3, -0.25) is 9.63 Å². The summed E-state index contributed by atoms with van der Waals surface area (Å²) in [6, 6.07) is 0. The van der Waals surface area contributed by atoms with Crippen LogP contribution in [-0.4, -0.2) is 12.0 Å². The standard InChI is InChI=1S/C9H15NO2/c1-6-5-8(6)9(11)10-12-7-3-2-4-7/h6-8H,2-5H2,1H3,(H,10,11). The summed E-state index contributed by atoms with van der Waals surface area (Å²) < 4.78 is 0. The van der Waals surface area contributed by atoms with Gasteiger partial charge in [0, 0.05) is 5.92 Å². The second-order valence-electron chi connectivity index (χ2n) is 3.96. The molecule has 12 heavy (non-hydrogen) atoms. The molecule has 3 nitrogen and oxygen atoms in total. The van der Waals surface area contributed by atoms with Gasteiger partial charge in [-0.2, -0.15) is 0 Å². The molecule has 2 aliphatic carbocycles. The van der Waals surface area contributed by atoms with Crippen LogP contribution in [0.15, 0.2) is 0 Å². The average molecular weight is 169 g/mol. The molecule has 0 aromatic rings. The monoisotopic (exact) mass is 169 g/mol. The van der Waals surface area contributed by atoms with Crippen molar-refractivity contribution in [1.82, 2.24) is 5.48 Å². The summed E-state index contributed by atoms with van der Waals surface area (Å²) in [5, 5.41) is 0. The Bertz CT molecular complexity index is 189. The Balaban J connectivity index is 1.62. The summed E-state index contributed by atoms with van der Waals surface area (Å²) >= 11 is 0. The maximum absolute atomic E-state index is 11.2. The third kappa shape index (κ3) is 1.61. The first-order valence-electron chi connectivity index (χ1n) is 4.73. The largest absolute Gasteiger partial charge is 0.272 e. The van der Waals surface area contributed by atoms with Crippen molar-refractivity contribution in [2.24, 2.45) is 11.8 Å². The highest BCUT2D eigenvalue weighted by Gasteiger charge is 2.39. The number of amides is 1. The summed E-state index contributed by atoms with van der Waals surface area (Å²) in [6.07, 6.45) is 4.75. The zero-order chi connectivity index (χ0) is 8.55. The van der Waals surface area contributed by atoms with Crippen LogP contribution in [0, 0.1) is 11.8 Å². The number of rotatable bonds is 3. The highest BCUT2D eigenvalue weighted by Crippen LogP contribution is 2.37. The van der Waals surface area contributed by atoms with Crippen LogP contribution in [-0.2, 0) is 9.63 Å². The van der Waals surface area contributed by atoms with Crippen LogP contribution in [0.3, 0.4) is 0 Å². The number of hydrogen-bond donors (Lipinski definition) is 1. The van der Waals surface area contributed by atoms with E-state index in [9.17, 15) is 4.79 Å². The molecule has 2 atom stereocenters. The van der Waals surface area contributed by atoms with E-state index >= 15 is 0 Å². The van der Waals surface area contributed by atoms with Gasteiger partial charge in [-0.25, -0.2) is 5.48 Å². The molecule has 2 fully saturated rings. The minimum atomic E-state index is 0.0781. The minimum absolute atomic E-state index is 0.0781. The maximum atomic E-state index is 11.2. The molecule has 0 spiro atoms. The molecule has 68 valence electrons. The molecule has 0 heterocycles. The second-order valence-corrected chi connectivity index (χ2v) is 3.96. The molecular formula is C9H15NO2. The van der Waals surface area contributed by atoms with Crippen molar-refractivity contribution in [3.8, 4) is 0 Å². The van der Waals surface area contributed by atoms with Crippen LogP contribution in [0.4, 0.5) is 0 Å². The predicted octanol–water partition coefficient (Wildman–Crippen LogP) is 1.24. The average Bonchev–Trinajstić information content (AvgIpc) is 2.63. The van der Waals surface area contributed by atoms with E-state index < -0.39 is 0 Å². The van der Waals surface area contributed by atoms with E-state index in [1.165, 1.54) is 6.42 Å². The van der Waals surface area contributed by atoms with Gasteiger partial charge < -0.3 is 0 Å². The van der Waals surface area contributed by atoms with E-state index in [1.807, 2.05) is 0 Å². The molecule has 2 unspecified atom stereocenters. The number of carbonyl (C=O) groups is 1. The Morgan fingerprint density at radius 1 is 1.50 bits per heavy atom. The normalized spacial score (nSPS) is 34.1. The topological polar surface area (TPSA) is 38.3 Å². The van der Waals surface area contributed by atoms with E-state index in [0.29, 0.717) is 12.0 Å². The van der Waals surface area contributed by atoms with E-state index in [-0.39, 0.29) is 11.8 Å². The molecule has 0 aromatic heterocycles. The van der Waals surface area contributed by atoms with Gasteiger partial charge >= 0.3 is 0 Å². The Morgan fingerprint density at radius 2 is 2.17 bits per heavy atom. The van der Waals surface area contributed by atoms with Gasteiger partial charge in [0.15, 0.2) is 0 Å². The van der Waals surface area contributed by atoms with Crippen molar-refractivity contribution < 1.29 is 9.63 Å². The Labute approximate surface area is 72.4 Å². The molecule has 0 radical (unpaired) electrons. The molecule has 1 N–H and O–H groups in total. The van der Waals surface area contributed by atoms with Gasteiger partial charge in [0.05, 0.1) is 6.10 Å². The van der Waals surface area contributed by atoms with Crippen molar-refractivity contribution in [1.29, 1.82) is 0 Å². The van der Waals surface area contributed by atoms with Gasteiger partial charge in [-0.05, 0) is 31.6 Å². The lowest BCUT2D eigenvalue weighted by Crippen LogP contribution is -2.34. The lowest BCUT2D eigenvalue weighted by atomic mass is 9.97. The number of nitrogens with one attached hydrogen (secondary N) is 1. The minimum Gasteiger partial charge on any atom is -0.272 e. The van der Waals surface area contributed by atoms with E-state index in [2.05, 4.69) is 12.4 Å². The quantitative estimate of drug-likeness (QED) is 0.645. The molecule has 1 amide bonds. The van der Waals surface area contributed by atoms with Gasteiger partial charge in [0.25, 0.3) is 0 Å². The first kappa shape index (κ1) is 8.05. The Hall–Kier alpha value is -0.570. The molecular weight excluding hydrogens is 154 g/mol. The maximum Gasteiger partial charge on any atom is 0.246 e. The fourth-order valence-electron chi connectivity index (χ4n) is 1.39. The van der Waals surface area contributed by atoms with Gasteiger partial charge in [-0.1, -0.05) is 6.92 Å². The summed E-state index contributed by atoms with van der Waals surface area (Å²) in [6.45, 7) is 2.09. The van der Waals surface area contributed by atoms with Crippen LogP contribution in [0.25, 0.3) is 0 Å². The van der Waals surface area contributed by atoms with E-state index in [4.69, 9.17) is 4.84 Å². The van der Waals surface area contributed by atoms with Crippen molar-refractivity contribution in [3.63, 3.8) is 0 Å². The van der Waals surface area contributed by atoms with Crippen molar-refractivity contribution >= 4 is 5.91 Å². The molecule has 0 saturated heterocycles. The smallest absolute Gasteiger partial charge is 0.246 e. The highest BCUT2D eigenvalue weighted by atomic mass is 16.7. The Kier molecular flexibility index (Phi) is 2.05. The lowest BCUT2D eigenvalue weighted by Gasteiger charge is -2.24. The van der Waals surface area contributed by atoms with Crippen LogP contribution in [0.5, 0.6) is 0 Å². The fourth-order valence-corrected chi connectivity index (χ4v) is 1.39. The molecule has 2 aliphatic rings. The molecule has 0 bridgehead atoms. The highest BCUT2D eigenvalue weighted by molar-refractivity contribution is 5.80. The van der Waals surface area contributed by atoms with Gasteiger partial charge in [0.2, 0.25) is 5.91 Å². The summed E-state index contributed by atoms with van der Waals surface area (Å²) in [4.78, 5) is 16.4. The number of carbonyl (C=O) groups excluding carboxylic acids is 1. The van der Waals surface area contributed by atoms with Crippen molar-refractivity contribution in [2.75, 3.05) is 0 Å². The summed E-state index contributed by atoms with van der Waals surface area (Å²) in [5.41, 5.74) is 2.54. The molecule has 2 saturated carbocycles. The first-order valence-corrected chi connectivity index (χ1v) is 4.73. The third-order valence-electron chi connectivity index (χ3n) is 2.82. The lowest BCUT2D eigenvalue weighted by molar-refractivity contribution is -0.144. The predicted molar refractivity (Wildman–Crippen MR) is 44.1 cm³/mol. The van der Waals surface area contributed by atoms with Crippen molar-refractivity contribution in [3.05, 3.63) is 0 Å². The fraction of sp³-hybridized carbons (Fsp3) is 0.889. The number of hydroxylamine groups is 1. The van der Waals surface area contributed by atoms with Gasteiger partial charge in [0.1, 0.15) is 0 Å². The zero-order valence-corrected chi connectivity index (χ0v) is 7.38. The van der Waals surface area contributed by atoms with Crippen LogP contribution >= 0.6 is 0 Å². The second kappa shape index (κ2) is 3.05. The summed E-state index contributed by atoms with van der Waals surface area (Å²) in [7, 11) is 0. The van der Waals surface area contributed by atoms with Gasteiger partial charge in [-0.15, -0.1) is 0 Å². The SMILES string of the molecule is CC1CC1C(=O)NOC1CCC1. The van der Waals surface area contributed by atoms with Crippen LogP contribution < -0.4 is 5.48 Å². The summed E-state index contributed by atoms with van der Waals surface area (Å²) in [5.74, 6) is 0.870. The number of hydrogen-bond acceptors (Lipinski definition) is 2. The Morgan fingerprint density at radius 3 is 2.58 bits per heavy atom. The first-order chi connectivity index (χ1) is 5.77. The van der Waals surface area contributed by atoms with Crippen LogP contribution in [0.1, 0.15) is 32.6 Å². The zero-order valence-electron chi connectivity index (χ0n) is 7.38. The molecule has 0 aromatic carbocycles. The molecule has 2 rings (SSSR count). The van der Waals surface area contributed by atoms with E-state index in [1.54, 1.807) is 0 Å². The van der Waals surface area contributed by atoms with Crippen LogP contribution in [0.2, 0.25) is 0 Å². The van der Waals surface area contributed by atoms with Crippen molar-refractivity contribution in [2.45, 2.75) is 38.7 Å².